The van der Waals surface area contributed by atoms with Crippen molar-refractivity contribution in [3.8, 4) is 16.9 Å². The van der Waals surface area contributed by atoms with Crippen molar-refractivity contribution >= 4 is 5.91 Å². The third-order valence-corrected chi connectivity index (χ3v) is 4.95. The monoisotopic (exact) mass is 369 g/mol. The third kappa shape index (κ3) is 2.60. The minimum atomic E-state index is -0.315. The summed E-state index contributed by atoms with van der Waals surface area (Å²) >= 11 is 0. The first-order valence-electron chi connectivity index (χ1n) is 9.02. The van der Waals surface area contributed by atoms with Crippen LogP contribution in [0.2, 0.25) is 0 Å². The van der Waals surface area contributed by atoms with Gasteiger partial charge in [0, 0.05) is 11.1 Å². The van der Waals surface area contributed by atoms with E-state index >= 15 is 0 Å². The van der Waals surface area contributed by atoms with E-state index in [0.717, 1.165) is 22.4 Å². The van der Waals surface area contributed by atoms with Gasteiger partial charge in [0.1, 0.15) is 5.82 Å². The molecule has 5 rings (SSSR count). The summed E-state index contributed by atoms with van der Waals surface area (Å²) in [4.78, 5) is 12.7. The molecule has 1 amide bonds. The van der Waals surface area contributed by atoms with Crippen LogP contribution in [0.4, 0.5) is 4.39 Å². The largest absolute Gasteiger partial charge is 0.340 e. The fourth-order valence-corrected chi connectivity index (χ4v) is 3.68. The molecule has 2 heterocycles. The van der Waals surface area contributed by atoms with Gasteiger partial charge in [-0.3, -0.25) is 4.79 Å². The van der Waals surface area contributed by atoms with Gasteiger partial charge in [-0.25, -0.2) is 9.07 Å². The molecular weight excluding hydrogens is 353 g/mol. The van der Waals surface area contributed by atoms with Gasteiger partial charge in [-0.1, -0.05) is 60.7 Å². The van der Waals surface area contributed by atoms with Crippen molar-refractivity contribution in [2.45, 2.75) is 6.04 Å². The first-order chi connectivity index (χ1) is 13.7. The first kappa shape index (κ1) is 16.4. The molecule has 0 bridgehead atoms. The second-order valence-corrected chi connectivity index (χ2v) is 6.68. The number of halogens is 1. The van der Waals surface area contributed by atoms with Gasteiger partial charge in [-0.05, 0) is 29.8 Å². The van der Waals surface area contributed by atoms with Gasteiger partial charge in [0.2, 0.25) is 0 Å². The molecule has 1 unspecified atom stereocenters. The summed E-state index contributed by atoms with van der Waals surface area (Å²) in [7, 11) is 0. The number of rotatable bonds is 3. The number of carbonyl (C=O) groups is 1. The summed E-state index contributed by atoms with van der Waals surface area (Å²) in [6, 6.07) is 25.5. The molecular formula is C23H16FN3O. The fourth-order valence-electron chi connectivity index (χ4n) is 3.68. The maximum absolute atomic E-state index is 13.4. The molecule has 4 nitrogen and oxygen atoms in total. The molecule has 3 aromatic carbocycles. The van der Waals surface area contributed by atoms with E-state index in [2.05, 4.69) is 10.4 Å². The van der Waals surface area contributed by atoms with E-state index in [1.165, 1.54) is 12.1 Å². The summed E-state index contributed by atoms with van der Waals surface area (Å²) in [6.07, 6.45) is 0. The number of hydrogen-bond donors (Lipinski definition) is 1. The Morgan fingerprint density at radius 1 is 0.857 bits per heavy atom. The van der Waals surface area contributed by atoms with Gasteiger partial charge in [-0.15, -0.1) is 0 Å². The van der Waals surface area contributed by atoms with E-state index in [1.54, 1.807) is 16.8 Å². The third-order valence-electron chi connectivity index (χ3n) is 4.95. The van der Waals surface area contributed by atoms with Gasteiger partial charge in [-0.2, -0.15) is 5.10 Å². The molecule has 1 aromatic heterocycles. The molecule has 0 saturated heterocycles. The minimum Gasteiger partial charge on any atom is -0.340 e. The molecule has 0 aliphatic carbocycles. The highest BCUT2D eigenvalue weighted by Crippen LogP contribution is 2.39. The predicted molar refractivity (Wildman–Crippen MR) is 105 cm³/mol. The van der Waals surface area contributed by atoms with Crippen LogP contribution in [0, 0.1) is 5.82 Å². The summed E-state index contributed by atoms with van der Waals surface area (Å²) in [5.74, 6) is -0.522. The normalized spacial score (nSPS) is 15.3. The van der Waals surface area contributed by atoms with Crippen LogP contribution >= 0.6 is 0 Å². The zero-order valence-corrected chi connectivity index (χ0v) is 14.8. The molecule has 136 valence electrons. The van der Waals surface area contributed by atoms with Crippen LogP contribution in [-0.2, 0) is 0 Å². The molecule has 0 saturated carbocycles. The number of carbonyl (C=O) groups excluding carboxylic acids is 1. The van der Waals surface area contributed by atoms with Gasteiger partial charge in [0.25, 0.3) is 5.91 Å². The number of nitrogens with zero attached hydrogens (tertiary/aromatic N) is 2. The van der Waals surface area contributed by atoms with Crippen molar-refractivity contribution in [3.63, 3.8) is 0 Å². The molecule has 1 aliphatic rings. The lowest BCUT2D eigenvalue weighted by atomic mass is 9.96. The minimum absolute atomic E-state index is 0.207. The first-order valence-corrected chi connectivity index (χ1v) is 9.02. The highest BCUT2D eigenvalue weighted by Gasteiger charge is 2.37. The zero-order chi connectivity index (χ0) is 19.1. The van der Waals surface area contributed by atoms with E-state index in [9.17, 15) is 9.18 Å². The van der Waals surface area contributed by atoms with Crippen molar-refractivity contribution in [1.29, 1.82) is 0 Å². The SMILES string of the molecule is O=C1NC(c2ccccc2)c2c1nn(-c1ccc(F)cc1)c2-c1ccccc1. The van der Waals surface area contributed by atoms with Crippen LogP contribution < -0.4 is 5.32 Å². The Kier molecular flexibility index (Phi) is 3.79. The highest BCUT2D eigenvalue weighted by molar-refractivity contribution is 6.00. The lowest BCUT2D eigenvalue weighted by Gasteiger charge is -2.16. The Hall–Kier alpha value is -3.73. The number of benzene rings is 3. The van der Waals surface area contributed by atoms with E-state index < -0.39 is 0 Å². The van der Waals surface area contributed by atoms with Gasteiger partial charge in [0.05, 0.1) is 17.4 Å². The smallest absolute Gasteiger partial charge is 0.272 e. The molecule has 0 fully saturated rings. The number of aromatic nitrogens is 2. The van der Waals surface area contributed by atoms with Crippen molar-refractivity contribution in [2.24, 2.45) is 0 Å². The van der Waals surface area contributed by atoms with Crippen LogP contribution in [0.25, 0.3) is 16.9 Å². The topological polar surface area (TPSA) is 46.9 Å². The molecule has 28 heavy (non-hydrogen) atoms. The van der Waals surface area contributed by atoms with Gasteiger partial charge < -0.3 is 5.32 Å². The Balaban J connectivity index is 1.78. The van der Waals surface area contributed by atoms with Crippen molar-refractivity contribution < 1.29 is 9.18 Å². The van der Waals surface area contributed by atoms with Crippen LogP contribution in [0.15, 0.2) is 84.9 Å². The quantitative estimate of drug-likeness (QED) is 0.577. The predicted octanol–water partition coefficient (Wildman–Crippen LogP) is 4.51. The molecule has 1 N–H and O–H groups in total. The number of amides is 1. The van der Waals surface area contributed by atoms with Crippen LogP contribution in [0.1, 0.15) is 27.7 Å². The van der Waals surface area contributed by atoms with E-state index in [0.29, 0.717) is 11.4 Å². The summed E-state index contributed by atoms with van der Waals surface area (Å²) < 4.78 is 15.2. The molecule has 4 aromatic rings. The molecule has 0 radical (unpaired) electrons. The van der Waals surface area contributed by atoms with Crippen LogP contribution in [0.3, 0.4) is 0 Å². The van der Waals surface area contributed by atoms with Crippen molar-refractivity contribution in [1.82, 2.24) is 15.1 Å². The van der Waals surface area contributed by atoms with Crippen LogP contribution in [0.5, 0.6) is 0 Å². The van der Waals surface area contributed by atoms with E-state index in [4.69, 9.17) is 0 Å². The Morgan fingerprint density at radius 2 is 1.50 bits per heavy atom. The Labute approximate surface area is 161 Å². The maximum atomic E-state index is 13.4. The van der Waals surface area contributed by atoms with Gasteiger partial charge >= 0.3 is 0 Å². The number of nitrogens with one attached hydrogen (secondary N) is 1. The van der Waals surface area contributed by atoms with Gasteiger partial charge in [0.15, 0.2) is 5.69 Å². The number of hydrogen-bond acceptors (Lipinski definition) is 2. The Morgan fingerprint density at radius 3 is 2.18 bits per heavy atom. The fraction of sp³-hybridized carbons (Fsp3) is 0.0435. The highest BCUT2D eigenvalue weighted by atomic mass is 19.1. The summed E-state index contributed by atoms with van der Waals surface area (Å²) in [5, 5.41) is 7.64. The average Bonchev–Trinajstić information content (AvgIpc) is 3.28. The number of fused-ring (bicyclic) bond motifs is 1. The van der Waals surface area contributed by atoms with E-state index in [-0.39, 0.29) is 17.8 Å². The van der Waals surface area contributed by atoms with Crippen molar-refractivity contribution in [3.05, 3.63) is 108 Å². The lowest BCUT2D eigenvalue weighted by Crippen LogP contribution is -2.22. The molecule has 5 heteroatoms. The van der Waals surface area contributed by atoms with E-state index in [1.807, 2.05) is 60.7 Å². The zero-order valence-electron chi connectivity index (χ0n) is 14.8. The van der Waals surface area contributed by atoms with Crippen LogP contribution in [-0.4, -0.2) is 15.7 Å². The molecule has 1 atom stereocenters. The maximum Gasteiger partial charge on any atom is 0.272 e. The van der Waals surface area contributed by atoms with Crippen molar-refractivity contribution in [2.75, 3.05) is 0 Å². The standard InChI is InChI=1S/C23H16FN3O/c24-17-11-13-18(14-12-17)27-22(16-9-5-2-6-10-16)19-20(15-7-3-1-4-8-15)25-23(28)21(19)26-27/h1-14,20H,(H,25,28). The molecule has 0 spiro atoms. The summed E-state index contributed by atoms with van der Waals surface area (Å²) in [5.41, 5.74) is 4.70. The lowest BCUT2D eigenvalue weighted by molar-refractivity contribution is 0.0955. The summed E-state index contributed by atoms with van der Waals surface area (Å²) in [6.45, 7) is 0. The second kappa shape index (κ2) is 6.46. The Bertz CT molecular complexity index is 1150. The average molecular weight is 369 g/mol. The molecule has 1 aliphatic heterocycles. The second-order valence-electron chi connectivity index (χ2n) is 6.68.